The first-order valence-corrected chi connectivity index (χ1v) is 13.9. The highest BCUT2D eigenvalue weighted by atomic mass is 32.2. The number of anilines is 1. The second-order valence-corrected chi connectivity index (χ2v) is 12.3. The fraction of sp³-hybridized carbons (Fsp3) is 0.409. The van der Waals surface area contributed by atoms with Crippen LogP contribution in [0, 0.1) is 6.92 Å². The summed E-state index contributed by atoms with van der Waals surface area (Å²) in [6.07, 6.45) is 0.270. The van der Waals surface area contributed by atoms with Crippen LogP contribution >= 0.6 is 0 Å². The van der Waals surface area contributed by atoms with Crippen molar-refractivity contribution in [2.75, 3.05) is 42.6 Å². The van der Waals surface area contributed by atoms with Crippen LogP contribution in [0.1, 0.15) is 22.3 Å². The molecule has 172 valence electrons. The molecule has 2 aromatic carbocycles. The van der Waals surface area contributed by atoms with E-state index in [4.69, 9.17) is 0 Å². The molecule has 0 aromatic heterocycles. The number of amides is 1. The molecule has 2 aliphatic rings. The summed E-state index contributed by atoms with van der Waals surface area (Å²) in [6.45, 7) is 4.72. The summed E-state index contributed by atoms with van der Waals surface area (Å²) in [7, 11) is -7.03. The fourth-order valence-corrected chi connectivity index (χ4v) is 7.25. The number of carbonyl (C=O) groups excluding carboxylic acids is 1. The van der Waals surface area contributed by atoms with Crippen LogP contribution in [0.15, 0.2) is 53.4 Å². The van der Waals surface area contributed by atoms with E-state index in [-0.39, 0.29) is 28.7 Å². The summed E-state index contributed by atoms with van der Waals surface area (Å²) >= 11 is 0. The molecular weight excluding hydrogens is 450 g/mol. The molecule has 32 heavy (non-hydrogen) atoms. The molecule has 1 N–H and O–H groups in total. The van der Waals surface area contributed by atoms with Gasteiger partial charge < -0.3 is 9.80 Å². The van der Waals surface area contributed by atoms with E-state index in [9.17, 15) is 21.6 Å². The molecule has 0 aliphatic carbocycles. The Balaban J connectivity index is 1.38. The van der Waals surface area contributed by atoms with Gasteiger partial charge in [0.2, 0.25) is 10.0 Å². The van der Waals surface area contributed by atoms with Gasteiger partial charge in [-0.3, -0.25) is 4.79 Å². The predicted molar refractivity (Wildman–Crippen MR) is 123 cm³/mol. The molecule has 0 unspecified atom stereocenters. The van der Waals surface area contributed by atoms with Gasteiger partial charge in [-0.25, -0.2) is 21.6 Å². The van der Waals surface area contributed by atoms with Crippen LogP contribution in [0.25, 0.3) is 0 Å². The Morgan fingerprint density at radius 3 is 2.25 bits per heavy atom. The lowest BCUT2D eigenvalue weighted by atomic mass is 10.1. The lowest BCUT2D eigenvalue weighted by Gasteiger charge is -2.36. The van der Waals surface area contributed by atoms with Crippen LogP contribution in [0.2, 0.25) is 0 Å². The zero-order chi connectivity index (χ0) is 22.9. The molecule has 2 saturated heterocycles. The van der Waals surface area contributed by atoms with Crippen molar-refractivity contribution in [3.05, 3.63) is 59.7 Å². The van der Waals surface area contributed by atoms with Crippen molar-refractivity contribution < 1.29 is 21.6 Å². The average Bonchev–Trinajstić information content (AvgIpc) is 3.11. The quantitative estimate of drug-likeness (QED) is 0.699. The number of carbonyl (C=O) groups is 1. The minimum atomic E-state index is -3.85. The Hall–Kier alpha value is -2.43. The molecule has 10 heteroatoms. The van der Waals surface area contributed by atoms with E-state index < -0.39 is 25.9 Å². The molecule has 4 rings (SSSR count). The van der Waals surface area contributed by atoms with E-state index in [2.05, 4.69) is 28.7 Å². The highest BCUT2D eigenvalue weighted by Crippen LogP contribution is 2.22. The third-order valence-electron chi connectivity index (χ3n) is 5.99. The Morgan fingerprint density at radius 1 is 1.00 bits per heavy atom. The maximum absolute atomic E-state index is 12.9. The number of aryl methyl sites for hydroxylation is 1. The molecule has 0 saturated carbocycles. The fourth-order valence-electron chi connectivity index (χ4n) is 4.20. The maximum Gasteiger partial charge on any atom is 0.253 e. The monoisotopic (exact) mass is 477 g/mol. The lowest BCUT2D eigenvalue weighted by molar-refractivity contribution is 0.0746. The topological polar surface area (TPSA) is 104 Å². The Bertz CT molecular complexity index is 1200. The van der Waals surface area contributed by atoms with Gasteiger partial charge in [-0.2, -0.15) is 0 Å². The number of nitrogens with zero attached hydrogens (tertiary/aromatic N) is 2. The van der Waals surface area contributed by atoms with Crippen molar-refractivity contribution in [2.45, 2.75) is 24.3 Å². The van der Waals surface area contributed by atoms with E-state index in [0.717, 1.165) is 13.1 Å². The Labute approximate surface area is 189 Å². The zero-order valence-electron chi connectivity index (χ0n) is 17.9. The third kappa shape index (κ3) is 4.97. The minimum Gasteiger partial charge on any atom is -0.368 e. The van der Waals surface area contributed by atoms with Crippen LogP contribution in [0.3, 0.4) is 0 Å². The van der Waals surface area contributed by atoms with Crippen molar-refractivity contribution in [1.82, 2.24) is 9.62 Å². The maximum atomic E-state index is 12.9. The predicted octanol–water partition coefficient (Wildman–Crippen LogP) is 1.42. The van der Waals surface area contributed by atoms with E-state index in [1.807, 2.05) is 12.1 Å². The van der Waals surface area contributed by atoms with Gasteiger partial charge in [-0.15, -0.1) is 0 Å². The van der Waals surface area contributed by atoms with Gasteiger partial charge in [0.25, 0.3) is 5.91 Å². The first kappa shape index (κ1) is 22.8. The van der Waals surface area contributed by atoms with Gasteiger partial charge >= 0.3 is 0 Å². The van der Waals surface area contributed by atoms with Crippen LogP contribution in [0.5, 0.6) is 0 Å². The van der Waals surface area contributed by atoms with Gasteiger partial charge in [0.1, 0.15) is 0 Å². The molecule has 0 spiro atoms. The molecule has 2 aromatic rings. The van der Waals surface area contributed by atoms with E-state index in [1.165, 1.54) is 35.5 Å². The third-order valence-corrected chi connectivity index (χ3v) is 9.29. The highest BCUT2D eigenvalue weighted by molar-refractivity contribution is 7.92. The Kier molecular flexibility index (Phi) is 6.28. The largest absolute Gasteiger partial charge is 0.368 e. The highest BCUT2D eigenvalue weighted by Gasteiger charge is 2.31. The summed E-state index contributed by atoms with van der Waals surface area (Å²) in [4.78, 5) is 17.0. The van der Waals surface area contributed by atoms with Gasteiger partial charge in [0, 0.05) is 43.5 Å². The average molecular weight is 478 g/mol. The van der Waals surface area contributed by atoms with Gasteiger partial charge in [-0.1, -0.05) is 18.2 Å². The SMILES string of the molecule is Cc1ccccc1N1CCN(C(=O)c2ccc(S(=O)(=O)N[C@H]3CCS(=O)(=O)C3)cc2)CC1. The number of sulfone groups is 1. The smallest absolute Gasteiger partial charge is 0.253 e. The molecule has 2 heterocycles. The number of nitrogens with one attached hydrogen (secondary N) is 1. The van der Waals surface area contributed by atoms with E-state index >= 15 is 0 Å². The lowest BCUT2D eigenvalue weighted by Crippen LogP contribution is -2.49. The van der Waals surface area contributed by atoms with Crippen molar-refractivity contribution in [3.8, 4) is 0 Å². The molecule has 0 bridgehead atoms. The summed E-state index contributed by atoms with van der Waals surface area (Å²) in [5, 5.41) is 0. The standard InChI is InChI=1S/C22H27N3O5S2/c1-17-4-2-3-5-21(17)24-11-13-25(14-12-24)22(26)18-6-8-20(9-7-18)32(29,30)23-19-10-15-31(27,28)16-19/h2-9,19,23H,10-16H2,1H3/t19-/m0/s1. The number of hydrogen-bond acceptors (Lipinski definition) is 6. The van der Waals surface area contributed by atoms with Crippen molar-refractivity contribution in [1.29, 1.82) is 0 Å². The summed E-state index contributed by atoms with van der Waals surface area (Å²) < 4.78 is 50.7. The second kappa shape index (κ2) is 8.84. The summed E-state index contributed by atoms with van der Waals surface area (Å²) in [6, 6.07) is 13.4. The minimum absolute atomic E-state index is 0.00920. The van der Waals surface area contributed by atoms with Crippen LogP contribution in [-0.4, -0.2) is 71.4 Å². The van der Waals surface area contributed by atoms with E-state index in [0.29, 0.717) is 18.7 Å². The van der Waals surface area contributed by atoms with Crippen molar-refractivity contribution >= 4 is 31.5 Å². The molecule has 1 amide bonds. The molecule has 0 radical (unpaired) electrons. The zero-order valence-corrected chi connectivity index (χ0v) is 19.5. The van der Waals surface area contributed by atoms with Crippen molar-refractivity contribution in [2.24, 2.45) is 0 Å². The first-order chi connectivity index (χ1) is 15.1. The van der Waals surface area contributed by atoms with Crippen LogP contribution in [0.4, 0.5) is 5.69 Å². The normalized spacial score (nSPS) is 21.0. The first-order valence-electron chi connectivity index (χ1n) is 10.6. The van der Waals surface area contributed by atoms with Crippen LogP contribution in [-0.2, 0) is 19.9 Å². The van der Waals surface area contributed by atoms with Gasteiger partial charge in [0.15, 0.2) is 9.84 Å². The molecule has 2 aliphatic heterocycles. The summed E-state index contributed by atoms with van der Waals surface area (Å²) in [5.41, 5.74) is 2.81. The number of rotatable bonds is 5. The second-order valence-electron chi connectivity index (χ2n) is 8.31. The summed E-state index contributed by atoms with van der Waals surface area (Å²) in [5.74, 6) is -0.324. The molecule has 8 nitrogen and oxygen atoms in total. The number of para-hydroxylation sites is 1. The number of piperazine rings is 1. The van der Waals surface area contributed by atoms with Gasteiger partial charge in [-0.05, 0) is 49.2 Å². The number of hydrogen-bond donors (Lipinski definition) is 1. The number of sulfonamides is 1. The Morgan fingerprint density at radius 2 is 1.66 bits per heavy atom. The molecular formula is C22H27N3O5S2. The van der Waals surface area contributed by atoms with Crippen molar-refractivity contribution in [3.63, 3.8) is 0 Å². The van der Waals surface area contributed by atoms with E-state index in [1.54, 1.807) is 4.90 Å². The number of benzene rings is 2. The van der Waals surface area contributed by atoms with Crippen LogP contribution < -0.4 is 9.62 Å². The molecule has 1 atom stereocenters. The molecule has 2 fully saturated rings. The van der Waals surface area contributed by atoms with Gasteiger partial charge in [0.05, 0.1) is 16.4 Å².